The Labute approximate surface area is 218 Å². The zero-order valence-electron chi connectivity index (χ0n) is 18.7. The summed E-state index contributed by atoms with van der Waals surface area (Å²) >= 11 is 11.9. The number of hydrogen-bond donors (Lipinski definition) is 3. The summed E-state index contributed by atoms with van der Waals surface area (Å²) in [7, 11) is -8.70. The van der Waals surface area contributed by atoms with Crippen molar-refractivity contribution in [1.82, 2.24) is 5.32 Å². The van der Waals surface area contributed by atoms with Crippen LogP contribution in [0.5, 0.6) is 0 Å². The van der Waals surface area contributed by atoms with E-state index in [0.29, 0.717) is 12.1 Å². The molecule has 3 aromatic rings. The van der Waals surface area contributed by atoms with Crippen LogP contribution in [-0.4, -0.2) is 40.4 Å². The fraction of sp³-hybridized carbons (Fsp3) is 0.130. The van der Waals surface area contributed by atoms with Crippen molar-refractivity contribution in [3.8, 4) is 0 Å². The van der Waals surface area contributed by atoms with Gasteiger partial charge >= 0.3 is 5.97 Å². The number of amides is 1. The molecule has 0 atom stereocenters. The summed E-state index contributed by atoms with van der Waals surface area (Å²) in [5.74, 6) is -1.62. The second-order valence-electron chi connectivity index (χ2n) is 7.47. The van der Waals surface area contributed by atoms with E-state index >= 15 is 0 Å². The molecule has 1 amide bonds. The molecule has 0 bridgehead atoms. The zero-order valence-corrected chi connectivity index (χ0v) is 21.8. The van der Waals surface area contributed by atoms with Crippen molar-refractivity contribution in [2.24, 2.45) is 0 Å². The third-order valence-corrected chi connectivity index (χ3v) is 8.80. The van der Waals surface area contributed by atoms with Crippen molar-refractivity contribution in [3.63, 3.8) is 0 Å². The van der Waals surface area contributed by atoms with E-state index in [1.54, 1.807) is 6.92 Å². The van der Waals surface area contributed by atoms with Crippen LogP contribution in [0.2, 0.25) is 10.0 Å². The number of aliphatic carboxylic acids is 1. The van der Waals surface area contributed by atoms with Gasteiger partial charge in [-0.3, -0.25) is 14.3 Å². The molecule has 190 valence electrons. The number of rotatable bonds is 9. The summed E-state index contributed by atoms with van der Waals surface area (Å²) in [4.78, 5) is 22.3. The first-order valence-electron chi connectivity index (χ1n) is 10.3. The summed E-state index contributed by atoms with van der Waals surface area (Å²) in [6.07, 6.45) is -0.297. The number of anilines is 1. The number of sulfonamides is 1. The molecule has 0 spiro atoms. The fourth-order valence-electron chi connectivity index (χ4n) is 3.23. The van der Waals surface area contributed by atoms with Gasteiger partial charge in [-0.1, -0.05) is 35.3 Å². The third kappa shape index (κ3) is 6.16. The van der Waals surface area contributed by atoms with Gasteiger partial charge in [-0.15, -0.1) is 0 Å². The molecule has 0 saturated carbocycles. The van der Waals surface area contributed by atoms with Crippen LogP contribution < -0.4 is 10.0 Å². The summed E-state index contributed by atoms with van der Waals surface area (Å²) in [5, 5.41) is 11.5. The number of carboxylic acid groups (broad SMARTS) is 1. The van der Waals surface area contributed by atoms with Crippen molar-refractivity contribution in [2.45, 2.75) is 28.0 Å². The van der Waals surface area contributed by atoms with Crippen molar-refractivity contribution in [2.75, 3.05) is 11.3 Å². The number of carboxylic acids is 1. The standard InChI is InChI=1S/C23H20Cl2N2O7S2/c1-2-26-23(30)15-5-9-21(35(31,32)17-7-3-14(4-8-17)11-22(28)29)19(12-15)27-36(33,34)20-10-6-16(24)13-18(20)25/h3-10,12-13,27H,2,11H2,1H3,(H,26,30)(H,28,29). The van der Waals surface area contributed by atoms with Crippen LogP contribution in [0.3, 0.4) is 0 Å². The molecule has 9 nitrogen and oxygen atoms in total. The minimum Gasteiger partial charge on any atom is -0.481 e. The van der Waals surface area contributed by atoms with E-state index in [1.165, 1.54) is 42.5 Å². The molecule has 0 aliphatic heterocycles. The largest absolute Gasteiger partial charge is 0.481 e. The molecular formula is C23H20Cl2N2O7S2. The highest BCUT2D eigenvalue weighted by atomic mass is 35.5. The number of benzene rings is 3. The van der Waals surface area contributed by atoms with Crippen LogP contribution in [0.15, 0.2) is 75.4 Å². The Bertz CT molecular complexity index is 1540. The molecule has 0 unspecified atom stereocenters. The Kier molecular flexibility index (Phi) is 8.29. The van der Waals surface area contributed by atoms with Crippen LogP contribution in [0.1, 0.15) is 22.8 Å². The highest BCUT2D eigenvalue weighted by Gasteiger charge is 2.27. The second kappa shape index (κ2) is 10.9. The van der Waals surface area contributed by atoms with E-state index in [0.717, 1.165) is 18.2 Å². The van der Waals surface area contributed by atoms with Gasteiger partial charge in [-0.25, -0.2) is 16.8 Å². The second-order valence-corrected chi connectivity index (χ2v) is 11.9. The average Bonchev–Trinajstić information content (AvgIpc) is 2.78. The first-order chi connectivity index (χ1) is 16.8. The lowest BCUT2D eigenvalue weighted by molar-refractivity contribution is -0.136. The summed E-state index contributed by atoms with van der Waals surface area (Å²) < 4.78 is 55.3. The first-order valence-corrected chi connectivity index (χ1v) is 14.0. The van der Waals surface area contributed by atoms with Gasteiger partial charge in [0.05, 0.1) is 26.9 Å². The van der Waals surface area contributed by atoms with E-state index < -0.39 is 36.6 Å². The molecule has 13 heteroatoms. The van der Waals surface area contributed by atoms with Crippen molar-refractivity contribution in [3.05, 3.63) is 81.8 Å². The average molecular weight is 571 g/mol. The number of sulfone groups is 1. The lowest BCUT2D eigenvalue weighted by Gasteiger charge is -2.16. The summed E-state index contributed by atoms with van der Waals surface area (Å²) in [6.45, 7) is 1.99. The van der Waals surface area contributed by atoms with E-state index in [9.17, 15) is 26.4 Å². The third-order valence-electron chi connectivity index (χ3n) is 4.89. The van der Waals surface area contributed by atoms with Crippen LogP contribution in [-0.2, 0) is 31.1 Å². The molecular weight excluding hydrogens is 551 g/mol. The Morgan fingerprint density at radius 1 is 0.889 bits per heavy atom. The molecule has 0 fully saturated rings. The smallest absolute Gasteiger partial charge is 0.307 e. The molecule has 3 N–H and O–H groups in total. The molecule has 0 saturated heterocycles. The van der Waals surface area contributed by atoms with Crippen LogP contribution in [0.4, 0.5) is 5.69 Å². The number of carbonyl (C=O) groups is 2. The van der Waals surface area contributed by atoms with Gasteiger partial charge in [0.25, 0.3) is 15.9 Å². The Morgan fingerprint density at radius 2 is 1.53 bits per heavy atom. The fourth-order valence-corrected chi connectivity index (χ4v) is 6.53. The van der Waals surface area contributed by atoms with Crippen LogP contribution >= 0.6 is 23.2 Å². The molecule has 0 aromatic heterocycles. The maximum absolute atomic E-state index is 13.4. The Morgan fingerprint density at radius 3 is 2.11 bits per heavy atom. The molecule has 0 radical (unpaired) electrons. The Balaban J connectivity index is 2.13. The SMILES string of the molecule is CCNC(=O)c1ccc(S(=O)(=O)c2ccc(CC(=O)O)cc2)c(NS(=O)(=O)c2ccc(Cl)cc2Cl)c1. The lowest BCUT2D eigenvalue weighted by atomic mass is 10.2. The maximum atomic E-state index is 13.4. The highest BCUT2D eigenvalue weighted by molar-refractivity contribution is 7.93. The highest BCUT2D eigenvalue weighted by Crippen LogP contribution is 2.32. The Hall–Kier alpha value is -3.12. The quantitative estimate of drug-likeness (QED) is 0.352. The molecule has 36 heavy (non-hydrogen) atoms. The minimum atomic E-state index is -4.40. The van der Waals surface area contributed by atoms with E-state index in [4.69, 9.17) is 28.3 Å². The van der Waals surface area contributed by atoms with Crippen molar-refractivity contribution < 1.29 is 31.5 Å². The maximum Gasteiger partial charge on any atom is 0.307 e. The van der Waals surface area contributed by atoms with Gasteiger partial charge in [0.1, 0.15) is 4.90 Å². The van der Waals surface area contributed by atoms with Gasteiger partial charge in [0, 0.05) is 17.1 Å². The zero-order chi connectivity index (χ0) is 26.7. The van der Waals surface area contributed by atoms with Gasteiger partial charge in [0.2, 0.25) is 9.84 Å². The van der Waals surface area contributed by atoms with E-state index in [-0.39, 0.29) is 37.5 Å². The first kappa shape index (κ1) is 27.5. The van der Waals surface area contributed by atoms with E-state index in [2.05, 4.69) is 10.0 Å². The number of nitrogens with one attached hydrogen (secondary N) is 2. The minimum absolute atomic E-state index is 0.0208. The van der Waals surface area contributed by atoms with Gasteiger partial charge in [0.15, 0.2) is 0 Å². The molecule has 0 heterocycles. The number of carbonyl (C=O) groups excluding carboxylic acids is 1. The molecule has 3 rings (SSSR count). The van der Waals surface area contributed by atoms with Crippen LogP contribution in [0, 0.1) is 0 Å². The molecule has 3 aromatic carbocycles. The number of hydrogen-bond acceptors (Lipinski definition) is 6. The lowest BCUT2D eigenvalue weighted by Crippen LogP contribution is -2.23. The number of halogens is 2. The van der Waals surface area contributed by atoms with E-state index in [1.807, 2.05) is 0 Å². The predicted octanol–water partition coefficient (Wildman–Crippen LogP) is 4.00. The summed E-state index contributed by atoms with van der Waals surface area (Å²) in [5.41, 5.74) is 0.0261. The van der Waals surface area contributed by atoms with Gasteiger partial charge in [-0.2, -0.15) is 0 Å². The van der Waals surface area contributed by atoms with Crippen LogP contribution in [0.25, 0.3) is 0 Å². The van der Waals surface area contributed by atoms with Crippen molar-refractivity contribution >= 4 is 60.6 Å². The molecule has 0 aliphatic rings. The normalized spacial score (nSPS) is 11.6. The molecule has 0 aliphatic carbocycles. The topological polar surface area (TPSA) is 147 Å². The van der Waals surface area contributed by atoms with Crippen molar-refractivity contribution in [1.29, 1.82) is 0 Å². The predicted molar refractivity (Wildman–Crippen MR) is 135 cm³/mol. The van der Waals surface area contributed by atoms with Gasteiger partial charge in [-0.05, 0) is 61.0 Å². The monoisotopic (exact) mass is 570 g/mol. The van der Waals surface area contributed by atoms with Gasteiger partial charge < -0.3 is 10.4 Å². The summed E-state index contributed by atoms with van der Waals surface area (Å²) in [6, 6.07) is 12.3.